The lowest BCUT2D eigenvalue weighted by molar-refractivity contribution is -0.125. The van der Waals surface area contributed by atoms with E-state index in [2.05, 4.69) is 25.1 Å². The molecule has 2 heterocycles. The van der Waals surface area contributed by atoms with Gasteiger partial charge in [-0.2, -0.15) is 0 Å². The number of nitrogens with one attached hydrogen (secondary N) is 1. The van der Waals surface area contributed by atoms with Crippen molar-refractivity contribution in [2.75, 3.05) is 6.61 Å². The van der Waals surface area contributed by atoms with Gasteiger partial charge in [0.1, 0.15) is 17.8 Å². The highest BCUT2D eigenvalue weighted by Gasteiger charge is 2.56. The second-order valence-corrected chi connectivity index (χ2v) is 4.75. The normalized spacial score (nSPS) is 32.0. The summed E-state index contributed by atoms with van der Waals surface area (Å²) in [4.78, 5) is 12.7. The van der Waals surface area contributed by atoms with Gasteiger partial charge >= 0.3 is 0 Å². The highest BCUT2D eigenvalue weighted by Crippen LogP contribution is 2.51. The summed E-state index contributed by atoms with van der Waals surface area (Å²) in [5.41, 5.74) is 1.54. The van der Waals surface area contributed by atoms with Gasteiger partial charge in [-0.3, -0.25) is 4.79 Å². The molecule has 0 aromatic heterocycles. The number of hydrogen-bond acceptors (Lipinski definition) is 2. The fourth-order valence-electron chi connectivity index (χ4n) is 2.79. The molecule has 1 atom stereocenters. The quantitative estimate of drug-likeness (QED) is 0.861. The van der Waals surface area contributed by atoms with E-state index in [1.54, 1.807) is 24.3 Å². The lowest BCUT2D eigenvalue weighted by Crippen LogP contribution is -2.33. The topological polar surface area (TPSA) is 38.3 Å². The second kappa shape index (κ2) is 5.83. The minimum Gasteiger partial charge on any atom is -0.492 e. The van der Waals surface area contributed by atoms with Gasteiger partial charge in [-0.1, -0.05) is 50.1 Å². The summed E-state index contributed by atoms with van der Waals surface area (Å²) < 4.78 is 5.73. The van der Waals surface area contributed by atoms with Crippen LogP contribution in [0.1, 0.15) is 6.92 Å². The predicted octanol–water partition coefficient (Wildman–Crippen LogP) is 3.33. The van der Waals surface area contributed by atoms with Gasteiger partial charge in [-0.05, 0) is 24.6 Å². The van der Waals surface area contributed by atoms with Crippen molar-refractivity contribution in [3.63, 3.8) is 0 Å². The summed E-state index contributed by atoms with van der Waals surface area (Å²) >= 11 is 0. The third kappa shape index (κ3) is 2.11. The summed E-state index contributed by atoms with van der Waals surface area (Å²) in [6.07, 6.45) is 12.3. The van der Waals surface area contributed by atoms with E-state index >= 15 is 0 Å². The van der Waals surface area contributed by atoms with Crippen LogP contribution in [0.3, 0.4) is 0 Å². The van der Waals surface area contributed by atoms with Crippen LogP contribution >= 0.6 is 0 Å². The lowest BCUT2D eigenvalue weighted by Gasteiger charge is -2.20. The van der Waals surface area contributed by atoms with E-state index in [4.69, 9.17) is 4.74 Å². The van der Waals surface area contributed by atoms with Crippen molar-refractivity contribution >= 4 is 5.91 Å². The summed E-state index contributed by atoms with van der Waals surface area (Å²) in [7, 11) is 0. The van der Waals surface area contributed by atoms with Crippen molar-refractivity contribution < 1.29 is 9.53 Å². The first-order valence-electron chi connectivity index (χ1n) is 6.76. The number of amides is 1. The number of rotatable bonds is 3. The van der Waals surface area contributed by atoms with Crippen LogP contribution in [0.2, 0.25) is 0 Å². The highest BCUT2D eigenvalue weighted by atomic mass is 16.5. The zero-order valence-electron chi connectivity index (χ0n) is 12.2. The molecule has 21 heavy (non-hydrogen) atoms. The number of carbonyl (C=O) groups excluding carboxylic acids is 1. The molecule has 0 aromatic rings. The molecule has 2 aliphatic rings. The molecule has 108 valence electrons. The molecule has 0 bridgehead atoms. The van der Waals surface area contributed by atoms with Crippen molar-refractivity contribution in [2.45, 2.75) is 6.92 Å². The van der Waals surface area contributed by atoms with Crippen LogP contribution < -0.4 is 5.32 Å². The van der Waals surface area contributed by atoms with E-state index in [0.29, 0.717) is 5.76 Å². The Morgan fingerprint density at radius 1 is 1.10 bits per heavy atom. The third-order valence-electron chi connectivity index (χ3n) is 3.67. The Labute approximate surface area is 125 Å². The van der Waals surface area contributed by atoms with Gasteiger partial charge in [0.05, 0.1) is 0 Å². The molecule has 2 aliphatic heterocycles. The molecular formula is C18H19NO2. The molecule has 0 saturated carbocycles. The van der Waals surface area contributed by atoms with E-state index in [0.717, 1.165) is 16.8 Å². The van der Waals surface area contributed by atoms with Gasteiger partial charge < -0.3 is 10.1 Å². The largest absolute Gasteiger partial charge is 0.492 e. The molecule has 1 amide bonds. The minimum absolute atomic E-state index is 0.103. The standard InChI is InChI=1S/C18H19NO2/c1-5-9-13-15(11-7-3)19-17(20)18(13)12-21-16(8-4)14(18)10-6-2/h5-11H,1-3,12H2,4H3,(H,19,20)/b13-9+,14-10+,15-11+,16-8+/t18-/m0/s1. The Morgan fingerprint density at radius 3 is 2.29 bits per heavy atom. The number of hydrogen-bond donors (Lipinski definition) is 1. The molecule has 0 radical (unpaired) electrons. The first-order valence-corrected chi connectivity index (χ1v) is 6.76. The predicted molar refractivity (Wildman–Crippen MR) is 85.1 cm³/mol. The average molecular weight is 281 g/mol. The van der Waals surface area contributed by atoms with Crippen molar-refractivity contribution in [3.05, 3.63) is 84.9 Å². The van der Waals surface area contributed by atoms with Gasteiger partial charge in [0.2, 0.25) is 5.91 Å². The lowest BCUT2D eigenvalue weighted by atomic mass is 9.75. The zero-order valence-corrected chi connectivity index (χ0v) is 12.2. The number of allylic oxidation sites excluding steroid dienone is 9. The summed E-state index contributed by atoms with van der Waals surface area (Å²) in [6.45, 7) is 13.3. The van der Waals surface area contributed by atoms with Crippen LogP contribution in [0.4, 0.5) is 0 Å². The fraction of sp³-hybridized carbons (Fsp3) is 0.167. The molecule has 0 unspecified atom stereocenters. The minimum atomic E-state index is -0.848. The average Bonchev–Trinajstić information content (AvgIpc) is 2.95. The maximum atomic E-state index is 12.7. The molecule has 3 nitrogen and oxygen atoms in total. The van der Waals surface area contributed by atoms with E-state index in [1.165, 1.54) is 0 Å². The Bertz CT molecular complexity index is 632. The molecular weight excluding hydrogens is 262 g/mol. The Kier molecular flexibility index (Phi) is 4.13. The van der Waals surface area contributed by atoms with E-state index in [9.17, 15) is 4.79 Å². The number of carbonyl (C=O) groups is 1. The maximum absolute atomic E-state index is 12.7. The fourth-order valence-corrected chi connectivity index (χ4v) is 2.79. The van der Waals surface area contributed by atoms with Gasteiger partial charge in [0.15, 0.2) is 0 Å². The Hall–Kier alpha value is -2.55. The van der Waals surface area contributed by atoms with Gasteiger partial charge in [0.25, 0.3) is 0 Å². The van der Waals surface area contributed by atoms with Crippen molar-refractivity contribution in [2.24, 2.45) is 5.41 Å². The van der Waals surface area contributed by atoms with E-state index in [1.807, 2.05) is 25.2 Å². The molecule has 2 saturated heterocycles. The first-order chi connectivity index (χ1) is 10.1. The highest BCUT2D eigenvalue weighted by molar-refractivity contribution is 5.98. The summed E-state index contributed by atoms with van der Waals surface area (Å²) in [5.74, 6) is 0.605. The third-order valence-corrected chi connectivity index (χ3v) is 3.67. The Morgan fingerprint density at radius 2 is 1.71 bits per heavy atom. The molecule has 0 aliphatic carbocycles. The van der Waals surface area contributed by atoms with Crippen LogP contribution in [-0.2, 0) is 9.53 Å². The van der Waals surface area contributed by atoms with Crippen molar-refractivity contribution in [3.8, 4) is 0 Å². The smallest absolute Gasteiger partial charge is 0.243 e. The van der Waals surface area contributed by atoms with Crippen LogP contribution in [0.15, 0.2) is 84.9 Å². The monoisotopic (exact) mass is 281 g/mol. The van der Waals surface area contributed by atoms with E-state index in [-0.39, 0.29) is 12.5 Å². The van der Waals surface area contributed by atoms with Crippen molar-refractivity contribution in [1.82, 2.24) is 5.32 Å². The molecule has 0 aromatic carbocycles. The maximum Gasteiger partial charge on any atom is 0.243 e. The van der Waals surface area contributed by atoms with Gasteiger partial charge in [0, 0.05) is 11.3 Å². The van der Waals surface area contributed by atoms with Crippen LogP contribution in [0.25, 0.3) is 0 Å². The van der Waals surface area contributed by atoms with Crippen LogP contribution in [0.5, 0.6) is 0 Å². The van der Waals surface area contributed by atoms with E-state index < -0.39 is 5.41 Å². The van der Waals surface area contributed by atoms with Gasteiger partial charge in [-0.25, -0.2) is 0 Å². The summed E-state index contributed by atoms with van der Waals surface area (Å²) in [5, 5.41) is 2.91. The number of ether oxygens (including phenoxy) is 1. The molecule has 3 heteroatoms. The van der Waals surface area contributed by atoms with Crippen molar-refractivity contribution in [1.29, 1.82) is 0 Å². The first kappa shape index (κ1) is 14.9. The van der Waals surface area contributed by atoms with Crippen LogP contribution in [0, 0.1) is 5.41 Å². The SMILES string of the molecule is C=C/C=C1\C(=C/C=C)NC(=O)[C@@]12COC(=C/C)/C2=C\C=C. The Balaban J connectivity index is 2.71. The molecule has 1 spiro atoms. The molecule has 2 fully saturated rings. The molecule has 1 N–H and O–H groups in total. The molecule has 2 rings (SSSR count). The van der Waals surface area contributed by atoms with Gasteiger partial charge in [-0.15, -0.1) is 0 Å². The zero-order chi connectivity index (χ0) is 15.5. The summed E-state index contributed by atoms with van der Waals surface area (Å²) in [6, 6.07) is 0. The van der Waals surface area contributed by atoms with Crippen LogP contribution in [-0.4, -0.2) is 12.5 Å². The second-order valence-electron chi connectivity index (χ2n) is 4.75.